The number of benzene rings is 2. The van der Waals surface area contributed by atoms with E-state index in [0.29, 0.717) is 15.6 Å². The van der Waals surface area contributed by atoms with Gasteiger partial charge in [-0.1, -0.05) is 45.2 Å². The monoisotopic (exact) mass is 525 g/mol. The molecule has 0 saturated carbocycles. The fourth-order valence-corrected chi connectivity index (χ4v) is 4.78. The Labute approximate surface area is 185 Å². The molecule has 0 N–H and O–H groups in total. The molecule has 1 aliphatic rings. The number of rotatable bonds is 7. The number of halogens is 3. The molecule has 0 aliphatic carbocycles. The van der Waals surface area contributed by atoms with Gasteiger partial charge in [0.05, 0.1) is 33.4 Å². The molecule has 2 aromatic carbocycles. The SMILES string of the molecule is O=[N+]([O-])c1ccc(S(=O)(=O)OC[C@@H]2CO[C@](CBr)(c3ccc(Cl)cc3Cl)O2)cc1. The number of hydrogen-bond donors (Lipinski definition) is 0. The molecule has 0 aromatic heterocycles. The number of non-ortho nitro benzene ring substituents is 1. The van der Waals surface area contributed by atoms with E-state index in [0.717, 1.165) is 24.3 Å². The molecule has 0 bridgehead atoms. The molecule has 3 rings (SSSR count). The molecule has 12 heteroatoms. The number of nitro benzene ring substituents is 1. The van der Waals surface area contributed by atoms with Crippen LogP contribution in [0.1, 0.15) is 5.56 Å². The van der Waals surface area contributed by atoms with Gasteiger partial charge in [0.1, 0.15) is 6.10 Å². The van der Waals surface area contributed by atoms with Gasteiger partial charge in [0.2, 0.25) is 5.79 Å². The normalized spacial score (nSPS) is 22.0. The van der Waals surface area contributed by atoms with E-state index in [4.69, 9.17) is 36.9 Å². The first kappa shape index (κ1) is 22.4. The zero-order chi connectivity index (χ0) is 21.2. The van der Waals surface area contributed by atoms with Crippen LogP contribution in [0.15, 0.2) is 47.4 Å². The van der Waals surface area contributed by atoms with Crippen molar-refractivity contribution in [1.82, 2.24) is 0 Å². The largest absolute Gasteiger partial charge is 0.342 e. The van der Waals surface area contributed by atoms with Crippen molar-refractivity contribution in [3.05, 3.63) is 68.2 Å². The van der Waals surface area contributed by atoms with Crippen molar-refractivity contribution < 1.29 is 27.0 Å². The number of ether oxygens (including phenoxy) is 2. The van der Waals surface area contributed by atoms with E-state index >= 15 is 0 Å². The summed E-state index contributed by atoms with van der Waals surface area (Å²) in [4.78, 5) is 9.86. The summed E-state index contributed by atoms with van der Waals surface area (Å²) >= 11 is 15.5. The van der Waals surface area contributed by atoms with Crippen LogP contribution < -0.4 is 0 Å². The second kappa shape index (κ2) is 8.84. The van der Waals surface area contributed by atoms with Crippen LogP contribution in [0, 0.1) is 10.1 Å². The van der Waals surface area contributed by atoms with Crippen molar-refractivity contribution in [1.29, 1.82) is 0 Å². The maximum atomic E-state index is 12.3. The highest BCUT2D eigenvalue weighted by molar-refractivity contribution is 9.09. The van der Waals surface area contributed by atoms with E-state index in [1.807, 2.05) is 0 Å². The van der Waals surface area contributed by atoms with E-state index in [-0.39, 0.29) is 29.1 Å². The van der Waals surface area contributed by atoms with E-state index in [2.05, 4.69) is 15.9 Å². The van der Waals surface area contributed by atoms with Crippen LogP contribution in [-0.4, -0.2) is 38.0 Å². The van der Waals surface area contributed by atoms with Crippen molar-refractivity contribution in [2.45, 2.75) is 16.8 Å². The van der Waals surface area contributed by atoms with Gasteiger partial charge in [-0.25, -0.2) is 0 Å². The molecule has 8 nitrogen and oxygen atoms in total. The van der Waals surface area contributed by atoms with Gasteiger partial charge in [0.25, 0.3) is 15.8 Å². The smallest absolute Gasteiger partial charge is 0.297 e. The Morgan fingerprint density at radius 3 is 2.52 bits per heavy atom. The van der Waals surface area contributed by atoms with Gasteiger partial charge >= 0.3 is 0 Å². The van der Waals surface area contributed by atoms with Gasteiger partial charge in [-0.2, -0.15) is 8.42 Å². The summed E-state index contributed by atoms with van der Waals surface area (Å²) in [6.45, 7) is -0.236. The molecular formula is C17H14BrCl2NO7S. The van der Waals surface area contributed by atoms with Crippen LogP contribution in [0.25, 0.3) is 0 Å². The van der Waals surface area contributed by atoms with E-state index < -0.39 is 26.9 Å². The lowest BCUT2D eigenvalue weighted by Crippen LogP contribution is -2.31. The predicted molar refractivity (Wildman–Crippen MR) is 109 cm³/mol. The first-order chi connectivity index (χ1) is 13.7. The van der Waals surface area contributed by atoms with Gasteiger partial charge < -0.3 is 9.47 Å². The zero-order valence-electron chi connectivity index (χ0n) is 14.6. The fourth-order valence-electron chi connectivity index (χ4n) is 2.70. The summed E-state index contributed by atoms with van der Waals surface area (Å²) in [7, 11) is -4.13. The van der Waals surface area contributed by atoms with Crippen molar-refractivity contribution in [3.63, 3.8) is 0 Å². The Bertz CT molecular complexity index is 1020. The minimum Gasteiger partial charge on any atom is -0.342 e. The number of alkyl halides is 1. The van der Waals surface area contributed by atoms with Crippen molar-refractivity contribution in [2.24, 2.45) is 0 Å². The Kier molecular flexibility index (Phi) is 6.84. The van der Waals surface area contributed by atoms with Crippen LogP contribution in [0.2, 0.25) is 10.0 Å². The Morgan fingerprint density at radius 1 is 1.24 bits per heavy atom. The fraction of sp³-hybridized carbons (Fsp3) is 0.294. The van der Waals surface area contributed by atoms with Crippen LogP contribution >= 0.6 is 39.1 Å². The average Bonchev–Trinajstić information content (AvgIpc) is 3.11. The first-order valence-corrected chi connectivity index (χ1v) is 11.4. The Morgan fingerprint density at radius 2 is 1.93 bits per heavy atom. The highest BCUT2D eigenvalue weighted by Crippen LogP contribution is 2.40. The van der Waals surface area contributed by atoms with E-state index in [1.54, 1.807) is 18.2 Å². The highest BCUT2D eigenvalue weighted by Gasteiger charge is 2.44. The molecule has 1 heterocycles. The lowest BCUT2D eigenvalue weighted by molar-refractivity contribution is -0.384. The topological polar surface area (TPSA) is 105 Å². The highest BCUT2D eigenvalue weighted by atomic mass is 79.9. The summed E-state index contributed by atoms with van der Waals surface area (Å²) < 4.78 is 41.4. The lowest BCUT2D eigenvalue weighted by Gasteiger charge is -2.27. The van der Waals surface area contributed by atoms with Gasteiger partial charge in [0.15, 0.2) is 0 Å². The van der Waals surface area contributed by atoms with Gasteiger partial charge in [0, 0.05) is 22.7 Å². The predicted octanol–water partition coefficient (Wildman–Crippen LogP) is 4.27. The molecule has 2 atom stereocenters. The molecule has 1 aliphatic heterocycles. The van der Waals surface area contributed by atoms with Crippen molar-refractivity contribution in [2.75, 3.05) is 18.5 Å². The lowest BCUT2D eigenvalue weighted by atomic mass is 10.1. The van der Waals surface area contributed by atoms with Gasteiger partial charge in [-0.15, -0.1) is 0 Å². The average molecular weight is 527 g/mol. The van der Waals surface area contributed by atoms with Crippen LogP contribution in [-0.2, 0) is 29.6 Å². The maximum absolute atomic E-state index is 12.3. The molecule has 2 aromatic rings. The molecule has 0 amide bonds. The number of hydrogen-bond acceptors (Lipinski definition) is 7. The molecule has 0 unspecified atom stereocenters. The van der Waals surface area contributed by atoms with Crippen LogP contribution in [0.4, 0.5) is 5.69 Å². The minimum absolute atomic E-state index is 0.0698. The molecule has 156 valence electrons. The Hall–Kier alpha value is -1.27. The third-order valence-electron chi connectivity index (χ3n) is 4.12. The third-order valence-corrected chi connectivity index (χ3v) is 6.70. The van der Waals surface area contributed by atoms with E-state index in [9.17, 15) is 18.5 Å². The van der Waals surface area contributed by atoms with Crippen LogP contribution in [0.3, 0.4) is 0 Å². The molecule has 0 spiro atoms. The Balaban J connectivity index is 1.69. The van der Waals surface area contributed by atoms with Crippen molar-refractivity contribution >= 4 is 54.9 Å². The maximum Gasteiger partial charge on any atom is 0.297 e. The number of nitrogens with zero attached hydrogens (tertiary/aromatic N) is 1. The standard InChI is InChI=1S/C17H14BrCl2NO7S/c18-10-17(15-6-1-11(19)7-16(15)20)26-8-13(28-17)9-27-29(24,25)14-4-2-12(3-5-14)21(22)23/h1-7,13H,8-10H2/t13-,17-/m0/s1. The van der Waals surface area contributed by atoms with Gasteiger partial charge in [-0.05, 0) is 24.3 Å². The second-order valence-electron chi connectivity index (χ2n) is 6.05. The summed E-state index contributed by atoms with van der Waals surface area (Å²) in [5.41, 5.74) is 0.319. The second-order valence-corrected chi connectivity index (χ2v) is 9.07. The third kappa shape index (κ3) is 4.91. The summed E-state index contributed by atoms with van der Waals surface area (Å²) in [5.74, 6) is -1.22. The summed E-state index contributed by atoms with van der Waals surface area (Å²) in [6, 6.07) is 9.25. The quantitative estimate of drug-likeness (QED) is 0.229. The molecule has 1 fully saturated rings. The number of nitro groups is 1. The van der Waals surface area contributed by atoms with E-state index in [1.165, 1.54) is 0 Å². The molecular weight excluding hydrogens is 513 g/mol. The molecule has 29 heavy (non-hydrogen) atoms. The van der Waals surface area contributed by atoms with Crippen LogP contribution in [0.5, 0.6) is 0 Å². The minimum atomic E-state index is -4.13. The van der Waals surface area contributed by atoms with Crippen molar-refractivity contribution in [3.8, 4) is 0 Å². The molecule has 1 saturated heterocycles. The molecule has 0 radical (unpaired) electrons. The first-order valence-electron chi connectivity index (χ1n) is 8.14. The zero-order valence-corrected chi connectivity index (χ0v) is 18.5. The summed E-state index contributed by atoms with van der Waals surface area (Å²) in [6.07, 6.45) is -0.688. The van der Waals surface area contributed by atoms with Gasteiger partial charge in [-0.3, -0.25) is 14.3 Å². The summed E-state index contributed by atoms with van der Waals surface area (Å²) in [5, 5.41) is 11.7.